The molecule has 0 aliphatic heterocycles. The SMILES string of the molecule is CCN(C(C)=O)c1nc(CNCC(O)C2CC2)cs1. The maximum absolute atomic E-state index is 11.4. The summed E-state index contributed by atoms with van der Waals surface area (Å²) < 4.78 is 0. The molecule has 5 nitrogen and oxygen atoms in total. The van der Waals surface area contributed by atoms with E-state index in [1.54, 1.807) is 11.8 Å². The summed E-state index contributed by atoms with van der Waals surface area (Å²) in [6.45, 7) is 5.37. The van der Waals surface area contributed by atoms with Gasteiger partial charge in [-0.25, -0.2) is 4.98 Å². The lowest BCUT2D eigenvalue weighted by atomic mass is 10.2. The van der Waals surface area contributed by atoms with Gasteiger partial charge in [0.05, 0.1) is 11.8 Å². The molecule has 1 amide bonds. The fourth-order valence-corrected chi connectivity index (χ4v) is 2.92. The Hall–Kier alpha value is -0.980. The Balaban J connectivity index is 1.81. The highest BCUT2D eigenvalue weighted by atomic mass is 32.1. The van der Waals surface area contributed by atoms with Crippen LogP contribution in [0.2, 0.25) is 0 Å². The molecule has 1 aromatic rings. The minimum absolute atomic E-state index is 0.0144. The van der Waals surface area contributed by atoms with Crippen molar-refractivity contribution in [2.24, 2.45) is 5.92 Å². The number of hydrogen-bond donors (Lipinski definition) is 2. The molecule has 1 aliphatic rings. The van der Waals surface area contributed by atoms with Crippen molar-refractivity contribution in [3.8, 4) is 0 Å². The van der Waals surface area contributed by atoms with Crippen molar-refractivity contribution in [1.29, 1.82) is 0 Å². The van der Waals surface area contributed by atoms with Gasteiger partial charge >= 0.3 is 0 Å². The molecule has 106 valence electrons. The van der Waals surface area contributed by atoms with Gasteiger partial charge < -0.3 is 10.4 Å². The highest BCUT2D eigenvalue weighted by Crippen LogP contribution is 2.32. The van der Waals surface area contributed by atoms with Crippen LogP contribution in [0.15, 0.2) is 5.38 Å². The number of rotatable bonds is 7. The third-order valence-corrected chi connectivity index (χ3v) is 4.21. The van der Waals surface area contributed by atoms with Gasteiger partial charge in [0.2, 0.25) is 5.91 Å². The Bertz CT molecular complexity index is 431. The van der Waals surface area contributed by atoms with Crippen LogP contribution in [0.4, 0.5) is 5.13 Å². The lowest BCUT2D eigenvalue weighted by Gasteiger charge is -2.14. The molecule has 19 heavy (non-hydrogen) atoms. The monoisotopic (exact) mass is 283 g/mol. The second kappa shape index (κ2) is 6.45. The van der Waals surface area contributed by atoms with E-state index in [0.717, 1.165) is 23.7 Å². The normalized spacial score (nSPS) is 16.4. The Labute approximate surface area is 117 Å². The van der Waals surface area contributed by atoms with E-state index in [2.05, 4.69) is 10.3 Å². The summed E-state index contributed by atoms with van der Waals surface area (Å²) in [5, 5.41) is 15.7. The minimum atomic E-state index is -0.234. The third-order valence-electron chi connectivity index (χ3n) is 3.29. The summed E-state index contributed by atoms with van der Waals surface area (Å²) in [7, 11) is 0. The molecule has 2 rings (SSSR count). The summed E-state index contributed by atoms with van der Waals surface area (Å²) >= 11 is 1.48. The van der Waals surface area contributed by atoms with Crippen molar-refractivity contribution in [3.05, 3.63) is 11.1 Å². The zero-order chi connectivity index (χ0) is 13.8. The van der Waals surface area contributed by atoms with Crippen LogP contribution >= 0.6 is 11.3 Å². The second-order valence-corrected chi connectivity index (χ2v) is 5.76. The Kier molecular flexibility index (Phi) is 4.90. The third kappa shape index (κ3) is 3.99. The van der Waals surface area contributed by atoms with Crippen molar-refractivity contribution < 1.29 is 9.90 Å². The largest absolute Gasteiger partial charge is 0.392 e. The predicted octanol–water partition coefficient (Wildman–Crippen LogP) is 1.38. The van der Waals surface area contributed by atoms with Crippen LogP contribution < -0.4 is 10.2 Å². The molecule has 1 heterocycles. The van der Waals surface area contributed by atoms with E-state index >= 15 is 0 Å². The van der Waals surface area contributed by atoms with Gasteiger partial charge in [0.25, 0.3) is 0 Å². The van der Waals surface area contributed by atoms with Crippen molar-refractivity contribution in [2.75, 3.05) is 18.0 Å². The van der Waals surface area contributed by atoms with E-state index in [1.807, 2.05) is 12.3 Å². The molecule has 0 saturated heterocycles. The van der Waals surface area contributed by atoms with Crippen molar-refractivity contribution in [2.45, 2.75) is 39.3 Å². The molecule has 1 atom stereocenters. The van der Waals surface area contributed by atoms with Gasteiger partial charge in [-0.1, -0.05) is 0 Å². The topological polar surface area (TPSA) is 65.5 Å². The summed E-state index contributed by atoms with van der Waals surface area (Å²) in [6, 6.07) is 0. The minimum Gasteiger partial charge on any atom is -0.392 e. The first-order chi connectivity index (χ1) is 9.11. The van der Waals surface area contributed by atoms with Crippen molar-refractivity contribution in [1.82, 2.24) is 10.3 Å². The Morgan fingerprint density at radius 2 is 2.42 bits per heavy atom. The zero-order valence-electron chi connectivity index (χ0n) is 11.4. The number of aromatic nitrogens is 1. The van der Waals surface area contributed by atoms with Crippen LogP contribution in [-0.2, 0) is 11.3 Å². The molecule has 1 aromatic heterocycles. The molecule has 1 fully saturated rings. The van der Waals surface area contributed by atoms with Crippen LogP contribution in [0.5, 0.6) is 0 Å². The van der Waals surface area contributed by atoms with E-state index in [9.17, 15) is 9.90 Å². The van der Waals surface area contributed by atoms with Crippen LogP contribution in [0.3, 0.4) is 0 Å². The summed E-state index contributed by atoms with van der Waals surface area (Å²) in [5.41, 5.74) is 0.919. The van der Waals surface area contributed by atoms with Crippen molar-refractivity contribution >= 4 is 22.4 Å². The number of carbonyl (C=O) groups is 1. The quantitative estimate of drug-likeness (QED) is 0.793. The summed E-state index contributed by atoms with van der Waals surface area (Å²) in [5.74, 6) is 0.507. The van der Waals surface area contributed by atoms with Crippen LogP contribution in [0.25, 0.3) is 0 Å². The number of nitrogens with zero attached hydrogens (tertiary/aromatic N) is 2. The fourth-order valence-electron chi connectivity index (χ4n) is 1.99. The number of aliphatic hydroxyl groups excluding tert-OH is 1. The lowest BCUT2D eigenvalue weighted by Crippen LogP contribution is -2.29. The molecule has 2 N–H and O–H groups in total. The van der Waals surface area contributed by atoms with E-state index < -0.39 is 0 Å². The molecule has 1 aliphatic carbocycles. The van der Waals surface area contributed by atoms with Crippen LogP contribution in [0, 0.1) is 5.92 Å². The number of hydrogen-bond acceptors (Lipinski definition) is 5. The number of aliphatic hydroxyl groups is 1. The fraction of sp³-hybridized carbons (Fsp3) is 0.692. The standard InChI is InChI=1S/C13H21N3O2S/c1-3-16(9(2)17)13-15-11(8-19-13)6-14-7-12(18)10-4-5-10/h8,10,12,14,18H,3-7H2,1-2H3. The smallest absolute Gasteiger partial charge is 0.225 e. The number of thiazole rings is 1. The predicted molar refractivity (Wildman–Crippen MR) is 76.3 cm³/mol. The molecule has 0 radical (unpaired) electrons. The van der Waals surface area contributed by atoms with Gasteiger partial charge in [-0.05, 0) is 25.7 Å². The number of anilines is 1. The Morgan fingerprint density at radius 3 is 3.00 bits per heavy atom. The number of amides is 1. The van der Waals surface area contributed by atoms with Gasteiger partial charge in [-0.15, -0.1) is 11.3 Å². The average molecular weight is 283 g/mol. The maximum Gasteiger partial charge on any atom is 0.225 e. The molecule has 1 saturated carbocycles. The van der Waals surface area contributed by atoms with E-state index in [0.29, 0.717) is 25.6 Å². The van der Waals surface area contributed by atoms with Gasteiger partial charge in [-0.3, -0.25) is 9.69 Å². The zero-order valence-corrected chi connectivity index (χ0v) is 12.2. The first-order valence-electron chi connectivity index (χ1n) is 6.73. The van der Waals surface area contributed by atoms with Gasteiger partial charge in [0.15, 0.2) is 5.13 Å². The van der Waals surface area contributed by atoms with E-state index in [1.165, 1.54) is 11.3 Å². The maximum atomic E-state index is 11.4. The molecule has 0 aromatic carbocycles. The molecule has 6 heteroatoms. The molecular weight excluding hydrogens is 262 g/mol. The Morgan fingerprint density at radius 1 is 1.68 bits per heavy atom. The van der Waals surface area contributed by atoms with E-state index in [-0.39, 0.29) is 12.0 Å². The number of nitrogens with one attached hydrogen (secondary N) is 1. The van der Waals surface area contributed by atoms with Gasteiger partial charge in [-0.2, -0.15) is 0 Å². The first kappa shape index (κ1) is 14.4. The second-order valence-electron chi connectivity index (χ2n) is 4.92. The van der Waals surface area contributed by atoms with Crippen molar-refractivity contribution in [3.63, 3.8) is 0 Å². The average Bonchev–Trinajstić information content (AvgIpc) is 3.12. The lowest BCUT2D eigenvalue weighted by molar-refractivity contribution is -0.116. The molecule has 1 unspecified atom stereocenters. The molecule has 0 bridgehead atoms. The molecular formula is C13H21N3O2S. The van der Waals surface area contributed by atoms with Crippen LogP contribution in [0.1, 0.15) is 32.4 Å². The highest BCUT2D eigenvalue weighted by Gasteiger charge is 2.29. The van der Waals surface area contributed by atoms with Crippen LogP contribution in [-0.4, -0.2) is 35.2 Å². The highest BCUT2D eigenvalue weighted by molar-refractivity contribution is 7.14. The molecule has 0 spiro atoms. The number of carbonyl (C=O) groups excluding carboxylic acids is 1. The summed E-state index contributed by atoms with van der Waals surface area (Å²) in [6.07, 6.45) is 2.06. The first-order valence-corrected chi connectivity index (χ1v) is 7.61. The van der Waals surface area contributed by atoms with Gasteiger partial charge in [0, 0.05) is 31.9 Å². The van der Waals surface area contributed by atoms with Gasteiger partial charge in [0.1, 0.15) is 0 Å². The summed E-state index contributed by atoms with van der Waals surface area (Å²) in [4.78, 5) is 17.5. The van der Waals surface area contributed by atoms with E-state index in [4.69, 9.17) is 0 Å².